The van der Waals surface area contributed by atoms with Gasteiger partial charge in [0.25, 0.3) is 0 Å². The zero-order valence-electron chi connectivity index (χ0n) is 7.46. The van der Waals surface area contributed by atoms with Crippen molar-refractivity contribution >= 4 is 5.69 Å². The van der Waals surface area contributed by atoms with Gasteiger partial charge in [-0.2, -0.15) is 0 Å². The Kier molecular flexibility index (Phi) is 3.20. The van der Waals surface area contributed by atoms with Crippen molar-refractivity contribution in [2.75, 3.05) is 12.4 Å². The molecule has 0 aromatic heterocycles. The van der Waals surface area contributed by atoms with Crippen molar-refractivity contribution in [3.63, 3.8) is 0 Å². The largest absolute Gasteiger partial charge is 0.393 e. The molecule has 64 valence electrons. The Balaban J connectivity index is 2.53. The van der Waals surface area contributed by atoms with Crippen molar-refractivity contribution in [1.82, 2.24) is 5.32 Å². The van der Waals surface area contributed by atoms with Crippen molar-refractivity contribution in [2.24, 2.45) is 0 Å². The minimum atomic E-state index is 1.10. The fourth-order valence-corrected chi connectivity index (χ4v) is 0.871. The monoisotopic (exact) mass is 162 g/mol. The maximum absolute atomic E-state index is 3.13. The quantitative estimate of drug-likeness (QED) is 0.711. The van der Waals surface area contributed by atoms with Gasteiger partial charge >= 0.3 is 0 Å². The van der Waals surface area contributed by atoms with E-state index in [2.05, 4.69) is 41.8 Å². The van der Waals surface area contributed by atoms with Gasteiger partial charge in [0.1, 0.15) is 0 Å². The van der Waals surface area contributed by atoms with E-state index in [9.17, 15) is 0 Å². The maximum atomic E-state index is 3.13. The van der Waals surface area contributed by atoms with Crippen LogP contribution in [0.4, 0.5) is 5.69 Å². The molecule has 0 atom stereocenters. The van der Waals surface area contributed by atoms with Gasteiger partial charge in [0.15, 0.2) is 0 Å². The van der Waals surface area contributed by atoms with Gasteiger partial charge in [-0.15, -0.1) is 0 Å². The average Bonchev–Trinajstić information content (AvgIpc) is 2.09. The molecule has 1 rings (SSSR count). The first-order valence-corrected chi connectivity index (χ1v) is 3.98. The zero-order chi connectivity index (χ0) is 8.81. The van der Waals surface area contributed by atoms with Gasteiger partial charge < -0.3 is 10.6 Å². The maximum Gasteiger partial charge on any atom is 0.0380 e. The minimum absolute atomic E-state index is 1.10. The van der Waals surface area contributed by atoms with E-state index in [-0.39, 0.29) is 0 Å². The van der Waals surface area contributed by atoms with Gasteiger partial charge in [0.2, 0.25) is 0 Å². The number of anilines is 1. The third kappa shape index (κ3) is 2.66. The van der Waals surface area contributed by atoms with Crippen LogP contribution in [0.3, 0.4) is 0 Å². The summed E-state index contributed by atoms with van der Waals surface area (Å²) >= 11 is 0. The van der Waals surface area contributed by atoms with Gasteiger partial charge in [-0.1, -0.05) is 17.7 Å². The van der Waals surface area contributed by atoms with E-state index in [0.717, 1.165) is 5.69 Å². The molecule has 0 bridgehead atoms. The van der Waals surface area contributed by atoms with Crippen LogP contribution in [-0.4, -0.2) is 7.05 Å². The Hall–Kier alpha value is -1.44. The first-order chi connectivity index (χ1) is 5.83. The van der Waals surface area contributed by atoms with Crippen LogP contribution in [-0.2, 0) is 0 Å². The molecular formula is C10H14N2. The average molecular weight is 162 g/mol. The van der Waals surface area contributed by atoms with E-state index in [1.54, 1.807) is 0 Å². The van der Waals surface area contributed by atoms with Crippen molar-refractivity contribution in [3.05, 3.63) is 42.2 Å². The summed E-state index contributed by atoms with van der Waals surface area (Å²) in [6.07, 6.45) is 3.71. The lowest BCUT2D eigenvalue weighted by Crippen LogP contribution is -1.95. The Morgan fingerprint density at radius 1 is 1.08 bits per heavy atom. The summed E-state index contributed by atoms with van der Waals surface area (Å²) < 4.78 is 0. The minimum Gasteiger partial charge on any atom is -0.393 e. The lowest BCUT2D eigenvalue weighted by molar-refractivity contribution is 1.10. The number of benzene rings is 1. The number of hydrogen-bond acceptors (Lipinski definition) is 2. The molecule has 0 saturated carbocycles. The van der Waals surface area contributed by atoms with Crippen LogP contribution >= 0.6 is 0 Å². The lowest BCUT2D eigenvalue weighted by Gasteiger charge is -1.99. The van der Waals surface area contributed by atoms with Crippen molar-refractivity contribution in [3.8, 4) is 0 Å². The van der Waals surface area contributed by atoms with E-state index < -0.39 is 0 Å². The molecule has 0 aliphatic carbocycles. The van der Waals surface area contributed by atoms with Crippen LogP contribution in [0.15, 0.2) is 36.7 Å². The summed E-state index contributed by atoms with van der Waals surface area (Å²) in [5.41, 5.74) is 2.38. The summed E-state index contributed by atoms with van der Waals surface area (Å²) in [6, 6.07) is 8.26. The molecule has 2 heteroatoms. The summed E-state index contributed by atoms with van der Waals surface area (Å²) in [7, 11) is 1.87. The zero-order valence-corrected chi connectivity index (χ0v) is 7.46. The topological polar surface area (TPSA) is 24.1 Å². The molecule has 0 radical (unpaired) electrons. The number of aryl methyl sites for hydroxylation is 1. The van der Waals surface area contributed by atoms with Crippen molar-refractivity contribution < 1.29 is 0 Å². The number of hydrogen-bond donors (Lipinski definition) is 2. The van der Waals surface area contributed by atoms with Gasteiger partial charge in [-0.25, -0.2) is 0 Å². The molecule has 0 saturated heterocycles. The Morgan fingerprint density at radius 2 is 1.75 bits per heavy atom. The van der Waals surface area contributed by atoms with E-state index in [0.29, 0.717) is 0 Å². The standard InChI is InChI=1S/C10H14N2/c1-9-3-5-10(6-4-9)12-8-7-11-2/h3-8,11-12H,1-2H3/b8-7-. The molecule has 0 spiro atoms. The van der Waals surface area contributed by atoms with E-state index >= 15 is 0 Å². The molecule has 0 heterocycles. The highest BCUT2D eigenvalue weighted by molar-refractivity contribution is 5.46. The fourth-order valence-electron chi connectivity index (χ4n) is 0.871. The summed E-state index contributed by atoms with van der Waals surface area (Å²) in [5, 5.41) is 6.04. The van der Waals surface area contributed by atoms with Crippen LogP contribution < -0.4 is 10.6 Å². The van der Waals surface area contributed by atoms with Crippen LogP contribution in [0.5, 0.6) is 0 Å². The highest BCUT2D eigenvalue weighted by Gasteiger charge is 1.85. The summed E-state index contributed by atoms with van der Waals surface area (Å²) in [4.78, 5) is 0. The molecule has 0 unspecified atom stereocenters. The van der Waals surface area contributed by atoms with Gasteiger partial charge in [0.05, 0.1) is 0 Å². The normalized spacial score (nSPS) is 10.2. The first kappa shape index (κ1) is 8.65. The Labute approximate surface area is 73.3 Å². The molecule has 0 aliphatic rings. The molecule has 0 amide bonds. The molecular weight excluding hydrogens is 148 g/mol. The van der Waals surface area contributed by atoms with Crippen LogP contribution in [0.2, 0.25) is 0 Å². The molecule has 0 aliphatic heterocycles. The first-order valence-electron chi connectivity index (χ1n) is 3.98. The number of rotatable bonds is 3. The predicted octanol–water partition coefficient (Wildman–Crippen LogP) is 2.10. The smallest absolute Gasteiger partial charge is 0.0380 e. The van der Waals surface area contributed by atoms with Gasteiger partial charge in [-0.3, -0.25) is 0 Å². The highest BCUT2D eigenvalue weighted by Crippen LogP contribution is 2.07. The van der Waals surface area contributed by atoms with Crippen molar-refractivity contribution in [1.29, 1.82) is 0 Å². The SMILES string of the molecule is CN/C=C\Nc1ccc(C)cc1. The molecule has 0 fully saturated rings. The fraction of sp³-hybridized carbons (Fsp3) is 0.200. The molecule has 2 N–H and O–H groups in total. The van der Waals surface area contributed by atoms with E-state index in [4.69, 9.17) is 0 Å². The Morgan fingerprint density at radius 3 is 2.33 bits per heavy atom. The van der Waals surface area contributed by atoms with E-state index in [1.807, 2.05) is 19.4 Å². The summed E-state index contributed by atoms with van der Waals surface area (Å²) in [6.45, 7) is 2.08. The highest BCUT2D eigenvalue weighted by atomic mass is 14.9. The molecule has 12 heavy (non-hydrogen) atoms. The van der Waals surface area contributed by atoms with Crippen molar-refractivity contribution in [2.45, 2.75) is 6.92 Å². The molecule has 1 aromatic carbocycles. The van der Waals surface area contributed by atoms with Crippen LogP contribution in [0.25, 0.3) is 0 Å². The second-order valence-corrected chi connectivity index (χ2v) is 2.63. The van der Waals surface area contributed by atoms with Gasteiger partial charge in [-0.05, 0) is 19.1 Å². The lowest BCUT2D eigenvalue weighted by atomic mass is 10.2. The number of nitrogens with one attached hydrogen (secondary N) is 2. The van der Waals surface area contributed by atoms with Crippen LogP contribution in [0.1, 0.15) is 5.56 Å². The van der Waals surface area contributed by atoms with Gasteiger partial charge in [0, 0.05) is 25.1 Å². The second kappa shape index (κ2) is 4.44. The molecule has 1 aromatic rings. The molecule has 2 nitrogen and oxygen atoms in total. The second-order valence-electron chi connectivity index (χ2n) is 2.63. The third-order valence-corrected chi connectivity index (χ3v) is 1.55. The van der Waals surface area contributed by atoms with E-state index in [1.165, 1.54) is 5.56 Å². The Bertz CT molecular complexity index is 249. The van der Waals surface area contributed by atoms with Crippen LogP contribution in [0, 0.1) is 6.92 Å². The summed E-state index contributed by atoms with van der Waals surface area (Å²) in [5.74, 6) is 0. The predicted molar refractivity (Wildman–Crippen MR) is 53.0 cm³/mol. The third-order valence-electron chi connectivity index (χ3n) is 1.55.